The van der Waals surface area contributed by atoms with E-state index >= 15 is 0 Å². The first-order valence-electron chi connectivity index (χ1n) is 8.61. The number of rotatable bonds is 7. The molecular formula is C18H22F4N4O2S. The van der Waals surface area contributed by atoms with E-state index in [0.29, 0.717) is 23.0 Å². The van der Waals surface area contributed by atoms with Gasteiger partial charge in [-0.3, -0.25) is 4.68 Å². The van der Waals surface area contributed by atoms with E-state index in [0.717, 1.165) is 19.2 Å². The Balaban J connectivity index is 2.48. The molecule has 3 N–H and O–H groups in total. The number of nitrogens with zero attached hydrogens (tertiary/aromatic N) is 2. The van der Waals surface area contributed by atoms with Crippen LogP contribution >= 0.6 is 0 Å². The Kier molecular flexibility index (Phi) is 6.86. The fraction of sp³-hybridized carbons (Fsp3) is 0.389. The van der Waals surface area contributed by atoms with Gasteiger partial charge in [0.1, 0.15) is 5.83 Å². The predicted octanol–water partition coefficient (Wildman–Crippen LogP) is 2.83. The zero-order valence-corrected chi connectivity index (χ0v) is 17.0. The Hall–Kier alpha value is -2.24. The molecule has 1 aromatic heterocycles. The Bertz CT molecular complexity index is 1030. The van der Waals surface area contributed by atoms with Crippen LogP contribution in [0.5, 0.6) is 0 Å². The van der Waals surface area contributed by atoms with Crippen molar-refractivity contribution in [1.82, 2.24) is 14.5 Å². The van der Waals surface area contributed by atoms with E-state index < -0.39 is 32.5 Å². The van der Waals surface area contributed by atoms with Crippen molar-refractivity contribution in [3.05, 3.63) is 58.2 Å². The minimum atomic E-state index is -4.76. The number of halogens is 4. The summed E-state index contributed by atoms with van der Waals surface area (Å²) >= 11 is 0. The van der Waals surface area contributed by atoms with Crippen LogP contribution in [0.2, 0.25) is 0 Å². The third-order valence-electron chi connectivity index (χ3n) is 4.50. The second-order valence-electron chi connectivity index (χ2n) is 6.39. The predicted molar refractivity (Wildman–Crippen MR) is 100 cm³/mol. The number of benzene rings is 1. The molecule has 160 valence electrons. The Labute approximate surface area is 166 Å². The summed E-state index contributed by atoms with van der Waals surface area (Å²) in [7, 11) is -2.91. The Morgan fingerprint density at radius 3 is 2.52 bits per heavy atom. The molecule has 0 atom stereocenters. The zero-order chi connectivity index (χ0) is 22.0. The van der Waals surface area contributed by atoms with Gasteiger partial charge in [-0.2, -0.15) is 18.3 Å². The molecule has 0 aliphatic heterocycles. The fourth-order valence-electron chi connectivity index (χ4n) is 2.92. The van der Waals surface area contributed by atoms with Gasteiger partial charge in [-0.25, -0.2) is 17.5 Å². The van der Waals surface area contributed by atoms with Crippen molar-refractivity contribution < 1.29 is 26.0 Å². The molecule has 0 bridgehead atoms. The molecule has 1 heterocycles. The third-order valence-corrected chi connectivity index (χ3v) is 5.91. The maximum Gasteiger partial charge on any atom is 0.416 e. The highest BCUT2D eigenvalue weighted by Gasteiger charge is 2.35. The summed E-state index contributed by atoms with van der Waals surface area (Å²) in [5.41, 5.74) is 5.64. The van der Waals surface area contributed by atoms with Gasteiger partial charge in [-0.1, -0.05) is 6.07 Å². The van der Waals surface area contributed by atoms with Gasteiger partial charge in [0.05, 0.1) is 22.7 Å². The molecule has 6 nitrogen and oxygen atoms in total. The summed E-state index contributed by atoms with van der Waals surface area (Å²) in [5.74, 6) is -0.448. The molecular weight excluding hydrogens is 412 g/mol. The van der Waals surface area contributed by atoms with Crippen LogP contribution in [0.15, 0.2) is 35.0 Å². The van der Waals surface area contributed by atoms with Crippen molar-refractivity contribution in [2.45, 2.75) is 37.9 Å². The van der Waals surface area contributed by atoms with Gasteiger partial charge in [-0.05, 0) is 44.7 Å². The molecule has 1 aromatic carbocycles. The number of hydrogen-bond donors (Lipinski definition) is 2. The number of nitrogens with two attached hydrogens (primary N) is 1. The molecule has 0 unspecified atom stereocenters. The van der Waals surface area contributed by atoms with Crippen LogP contribution in [0.1, 0.15) is 28.1 Å². The third kappa shape index (κ3) is 5.22. The van der Waals surface area contributed by atoms with Gasteiger partial charge in [0, 0.05) is 24.2 Å². The van der Waals surface area contributed by atoms with Crippen molar-refractivity contribution in [1.29, 1.82) is 0 Å². The van der Waals surface area contributed by atoms with E-state index in [1.54, 1.807) is 13.8 Å². The lowest BCUT2D eigenvalue weighted by Crippen LogP contribution is -2.20. The molecule has 29 heavy (non-hydrogen) atoms. The molecule has 2 aromatic rings. The van der Waals surface area contributed by atoms with Gasteiger partial charge in [0.15, 0.2) is 0 Å². The molecule has 11 heteroatoms. The second-order valence-corrected chi connectivity index (χ2v) is 8.28. The van der Waals surface area contributed by atoms with E-state index in [1.165, 1.54) is 10.8 Å². The lowest BCUT2D eigenvalue weighted by molar-refractivity contribution is -0.138. The first kappa shape index (κ1) is 23.0. The van der Waals surface area contributed by atoms with Crippen molar-refractivity contribution in [3.8, 4) is 0 Å². The summed E-state index contributed by atoms with van der Waals surface area (Å²) < 4.78 is 81.5. The molecule has 0 fully saturated rings. The van der Waals surface area contributed by atoms with Gasteiger partial charge >= 0.3 is 6.18 Å². The summed E-state index contributed by atoms with van der Waals surface area (Å²) in [6.45, 7) is 3.07. The van der Waals surface area contributed by atoms with Crippen LogP contribution < -0.4 is 10.5 Å². The number of sulfonamides is 1. The zero-order valence-electron chi connectivity index (χ0n) is 16.1. The molecule has 0 aliphatic carbocycles. The first-order valence-corrected chi connectivity index (χ1v) is 10.1. The van der Waals surface area contributed by atoms with Gasteiger partial charge in [-0.15, -0.1) is 0 Å². The van der Waals surface area contributed by atoms with Crippen molar-refractivity contribution in [2.24, 2.45) is 5.73 Å². The van der Waals surface area contributed by atoms with Crippen LogP contribution in [-0.4, -0.2) is 31.8 Å². The molecule has 0 spiro atoms. The Morgan fingerprint density at radius 2 is 1.97 bits per heavy atom. The molecule has 0 amide bonds. The van der Waals surface area contributed by atoms with E-state index in [9.17, 15) is 26.0 Å². The van der Waals surface area contributed by atoms with Crippen LogP contribution in [0.3, 0.4) is 0 Å². The molecule has 0 radical (unpaired) electrons. The fourth-order valence-corrected chi connectivity index (χ4v) is 3.67. The van der Waals surface area contributed by atoms with Crippen molar-refractivity contribution in [3.63, 3.8) is 0 Å². The minimum absolute atomic E-state index is 0.0366. The number of allylic oxidation sites excluding steroid dienone is 1. The van der Waals surface area contributed by atoms with Gasteiger partial charge in [0.25, 0.3) is 0 Å². The normalized spacial score (nSPS) is 13.2. The number of hydrogen-bond acceptors (Lipinski definition) is 4. The Morgan fingerprint density at radius 1 is 1.31 bits per heavy atom. The van der Waals surface area contributed by atoms with Gasteiger partial charge < -0.3 is 5.73 Å². The van der Waals surface area contributed by atoms with Crippen LogP contribution in [0.4, 0.5) is 17.6 Å². The number of aryl methyl sites for hydroxylation is 1. The van der Waals surface area contributed by atoms with Crippen LogP contribution in [0.25, 0.3) is 0 Å². The summed E-state index contributed by atoms with van der Waals surface area (Å²) in [6.07, 6.45) is -3.59. The second kappa shape index (κ2) is 8.64. The monoisotopic (exact) mass is 434 g/mol. The maximum absolute atomic E-state index is 13.8. The standard InChI is InChI=1S/C18H22F4N4O2S/c1-11-16(8-14(19)6-7-23)12(2)26(25-11)10-13-4-5-15(29(27,28)24-3)9-17(13)18(20,21)22/h4-6,9,24H,7-8,10,23H2,1-3H3/b14-6-. The first-order chi connectivity index (χ1) is 13.4. The lowest BCUT2D eigenvalue weighted by Gasteiger charge is -2.15. The van der Waals surface area contributed by atoms with E-state index in [-0.39, 0.29) is 25.1 Å². The average Bonchev–Trinajstić information content (AvgIpc) is 2.88. The number of alkyl halides is 3. The topological polar surface area (TPSA) is 90.0 Å². The highest BCUT2D eigenvalue weighted by atomic mass is 32.2. The van der Waals surface area contributed by atoms with E-state index in [4.69, 9.17) is 5.73 Å². The summed E-state index contributed by atoms with van der Waals surface area (Å²) in [4.78, 5) is -0.487. The SMILES string of the molecule is CNS(=O)(=O)c1ccc(Cn2nc(C)c(C/C(F)=C/CN)c2C)c(C(F)(F)F)c1. The largest absolute Gasteiger partial charge is 0.416 e. The highest BCUT2D eigenvalue weighted by molar-refractivity contribution is 7.89. The average molecular weight is 434 g/mol. The quantitative estimate of drug-likeness (QED) is 0.656. The summed E-state index contributed by atoms with van der Waals surface area (Å²) in [6, 6.07) is 2.81. The van der Waals surface area contributed by atoms with E-state index in [2.05, 4.69) is 5.10 Å². The van der Waals surface area contributed by atoms with Gasteiger partial charge in [0.2, 0.25) is 10.0 Å². The van der Waals surface area contributed by atoms with Crippen LogP contribution in [-0.2, 0) is 29.2 Å². The number of nitrogens with one attached hydrogen (secondary N) is 1. The van der Waals surface area contributed by atoms with Crippen molar-refractivity contribution >= 4 is 10.0 Å². The molecule has 0 aliphatic rings. The molecule has 0 saturated carbocycles. The highest BCUT2D eigenvalue weighted by Crippen LogP contribution is 2.34. The van der Waals surface area contributed by atoms with Crippen LogP contribution in [0, 0.1) is 13.8 Å². The lowest BCUT2D eigenvalue weighted by atomic mass is 10.1. The smallest absolute Gasteiger partial charge is 0.327 e. The molecule has 0 saturated heterocycles. The molecule has 2 rings (SSSR count). The summed E-state index contributed by atoms with van der Waals surface area (Å²) in [5, 5.41) is 4.22. The van der Waals surface area contributed by atoms with E-state index in [1.807, 2.05) is 4.72 Å². The van der Waals surface area contributed by atoms with Crippen molar-refractivity contribution in [2.75, 3.05) is 13.6 Å². The minimum Gasteiger partial charge on any atom is -0.327 e. The number of aromatic nitrogens is 2. The maximum atomic E-state index is 13.8.